The van der Waals surface area contributed by atoms with Crippen LogP contribution in [0.2, 0.25) is 0 Å². The van der Waals surface area contributed by atoms with E-state index in [0.29, 0.717) is 17.3 Å². The van der Waals surface area contributed by atoms with Gasteiger partial charge >= 0.3 is 6.03 Å². The first-order chi connectivity index (χ1) is 16.7. The van der Waals surface area contributed by atoms with Gasteiger partial charge < -0.3 is 10.6 Å². The molecular formula is C24H21FN4O5S. The van der Waals surface area contributed by atoms with Gasteiger partial charge in [0.15, 0.2) is 0 Å². The summed E-state index contributed by atoms with van der Waals surface area (Å²) >= 11 is 0.682. The van der Waals surface area contributed by atoms with Crippen molar-refractivity contribution in [2.45, 2.75) is 12.5 Å². The first-order valence-corrected chi connectivity index (χ1v) is 11.5. The molecule has 2 saturated heterocycles. The Kier molecular flexibility index (Phi) is 6.70. The van der Waals surface area contributed by atoms with Crippen LogP contribution in [0.5, 0.6) is 0 Å². The lowest BCUT2D eigenvalue weighted by atomic mass is 9.92. The molecule has 2 aliphatic rings. The van der Waals surface area contributed by atoms with Crippen molar-refractivity contribution in [3.05, 3.63) is 76.4 Å². The van der Waals surface area contributed by atoms with Crippen LogP contribution in [0.25, 0.3) is 6.08 Å². The average molecular weight is 497 g/mol. The van der Waals surface area contributed by atoms with Gasteiger partial charge in [-0.15, -0.1) is 0 Å². The van der Waals surface area contributed by atoms with Crippen molar-refractivity contribution in [1.29, 1.82) is 0 Å². The third kappa shape index (κ3) is 4.80. The Morgan fingerprint density at radius 1 is 1.06 bits per heavy atom. The van der Waals surface area contributed by atoms with Gasteiger partial charge in [0.05, 0.1) is 4.91 Å². The second-order valence-corrected chi connectivity index (χ2v) is 9.01. The van der Waals surface area contributed by atoms with Gasteiger partial charge in [-0.3, -0.25) is 29.0 Å². The zero-order valence-electron chi connectivity index (χ0n) is 18.6. The minimum Gasteiger partial charge on any atom is -0.353 e. The summed E-state index contributed by atoms with van der Waals surface area (Å²) in [5.41, 5.74) is -0.517. The molecule has 2 aromatic rings. The van der Waals surface area contributed by atoms with Crippen LogP contribution in [0.1, 0.15) is 18.1 Å². The Morgan fingerprint density at radius 2 is 1.74 bits per heavy atom. The Bertz CT molecular complexity index is 1250. The number of hydrogen-bond donors (Lipinski definition) is 2. The van der Waals surface area contributed by atoms with Crippen molar-refractivity contribution < 1.29 is 28.4 Å². The van der Waals surface area contributed by atoms with E-state index in [1.54, 1.807) is 43.3 Å². The summed E-state index contributed by atoms with van der Waals surface area (Å²) in [6.45, 7) is 0.855. The van der Waals surface area contributed by atoms with E-state index in [1.807, 2.05) is 0 Å². The molecule has 2 N–H and O–H groups in total. The van der Waals surface area contributed by atoms with Crippen LogP contribution in [-0.4, -0.2) is 58.4 Å². The fourth-order valence-electron chi connectivity index (χ4n) is 3.74. The van der Waals surface area contributed by atoms with Crippen LogP contribution >= 0.6 is 11.8 Å². The third-order valence-electron chi connectivity index (χ3n) is 5.65. The van der Waals surface area contributed by atoms with Crippen LogP contribution in [0.3, 0.4) is 0 Å². The van der Waals surface area contributed by atoms with Crippen LogP contribution in [0.15, 0.2) is 59.5 Å². The van der Waals surface area contributed by atoms with E-state index < -0.39 is 46.9 Å². The van der Waals surface area contributed by atoms with E-state index in [2.05, 4.69) is 10.6 Å². The molecule has 0 saturated carbocycles. The Hall–Kier alpha value is -3.99. The molecular weight excluding hydrogens is 475 g/mol. The number of amides is 6. The lowest BCUT2D eigenvalue weighted by molar-refractivity contribution is -0.134. The highest BCUT2D eigenvalue weighted by molar-refractivity contribution is 8.18. The molecule has 2 aliphatic heterocycles. The predicted molar refractivity (Wildman–Crippen MR) is 126 cm³/mol. The maximum Gasteiger partial charge on any atom is 0.325 e. The van der Waals surface area contributed by atoms with E-state index in [4.69, 9.17) is 0 Å². The highest BCUT2D eigenvalue weighted by Crippen LogP contribution is 2.32. The largest absolute Gasteiger partial charge is 0.353 e. The number of imide groups is 2. The minimum atomic E-state index is -1.29. The van der Waals surface area contributed by atoms with Gasteiger partial charge in [0.2, 0.25) is 5.91 Å². The molecule has 11 heteroatoms. The highest BCUT2D eigenvalue weighted by Gasteiger charge is 2.49. The van der Waals surface area contributed by atoms with E-state index in [9.17, 15) is 28.4 Å². The third-order valence-corrected chi connectivity index (χ3v) is 6.56. The SMILES string of the molecule is CC1(c2ccccc2)NC(=O)N(CC(=O)NCCN2C(=O)S/C(=C\c3ccccc3F)C2=O)C1=O. The van der Waals surface area contributed by atoms with Gasteiger partial charge in [-0.1, -0.05) is 48.5 Å². The summed E-state index contributed by atoms with van der Waals surface area (Å²) in [6.07, 6.45) is 1.31. The molecule has 9 nitrogen and oxygen atoms in total. The minimum absolute atomic E-state index is 0.0750. The standard InChI is InChI=1S/C24H21FN4O5S/c1-24(16-8-3-2-4-9-16)21(32)29(22(33)27-24)14-19(30)26-11-12-28-20(31)18(35-23(28)34)13-15-7-5-6-10-17(15)25/h2-10,13H,11-12,14H2,1H3,(H,26,30)(H,27,33)/b18-13-. The van der Waals surface area contributed by atoms with Crippen LogP contribution in [-0.2, 0) is 19.9 Å². The number of hydrogen-bond acceptors (Lipinski definition) is 6. The van der Waals surface area contributed by atoms with Crippen molar-refractivity contribution in [3.8, 4) is 0 Å². The van der Waals surface area contributed by atoms with Gasteiger partial charge in [-0.2, -0.15) is 0 Å². The summed E-state index contributed by atoms with van der Waals surface area (Å²) in [5, 5.41) is 4.59. The maximum absolute atomic E-state index is 13.9. The van der Waals surface area contributed by atoms with E-state index in [-0.39, 0.29) is 23.6 Å². The number of nitrogens with one attached hydrogen (secondary N) is 2. The molecule has 6 amide bonds. The van der Waals surface area contributed by atoms with Crippen LogP contribution in [0.4, 0.5) is 14.0 Å². The Morgan fingerprint density at radius 3 is 2.46 bits per heavy atom. The molecule has 0 aliphatic carbocycles. The number of rotatable bonds is 7. The predicted octanol–water partition coefficient (Wildman–Crippen LogP) is 2.45. The number of carbonyl (C=O) groups is 5. The van der Waals surface area contributed by atoms with Gasteiger partial charge in [0.25, 0.3) is 17.1 Å². The molecule has 0 radical (unpaired) electrons. The maximum atomic E-state index is 13.9. The number of nitrogens with zero attached hydrogens (tertiary/aromatic N) is 2. The van der Waals surface area contributed by atoms with Crippen molar-refractivity contribution in [2.75, 3.05) is 19.6 Å². The molecule has 2 aromatic carbocycles. The number of urea groups is 1. The van der Waals surface area contributed by atoms with E-state index in [1.165, 1.54) is 24.3 Å². The monoisotopic (exact) mass is 496 g/mol. The molecule has 0 bridgehead atoms. The van der Waals surface area contributed by atoms with Gasteiger partial charge in [-0.05, 0) is 36.4 Å². The molecule has 35 heavy (non-hydrogen) atoms. The number of benzene rings is 2. The molecule has 180 valence electrons. The van der Waals surface area contributed by atoms with Gasteiger partial charge in [-0.25, -0.2) is 9.18 Å². The average Bonchev–Trinajstić information content (AvgIpc) is 3.23. The molecule has 2 heterocycles. The normalized spacial score (nSPS) is 21.1. The summed E-state index contributed by atoms with van der Waals surface area (Å²) in [4.78, 5) is 64.3. The van der Waals surface area contributed by atoms with E-state index in [0.717, 1.165) is 9.80 Å². The lowest BCUT2D eigenvalue weighted by Gasteiger charge is -2.22. The second kappa shape index (κ2) is 9.71. The summed E-state index contributed by atoms with van der Waals surface area (Å²) < 4.78 is 13.9. The molecule has 1 atom stereocenters. The smallest absolute Gasteiger partial charge is 0.325 e. The number of carbonyl (C=O) groups excluding carboxylic acids is 5. The lowest BCUT2D eigenvalue weighted by Crippen LogP contribution is -2.44. The molecule has 0 spiro atoms. The Balaban J connectivity index is 1.32. The zero-order chi connectivity index (χ0) is 25.2. The van der Waals surface area contributed by atoms with E-state index >= 15 is 0 Å². The highest BCUT2D eigenvalue weighted by atomic mass is 32.2. The van der Waals surface area contributed by atoms with Crippen molar-refractivity contribution in [1.82, 2.24) is 20.4 Å². The van der Waals surface area contributed by atoms with Gasteiger partial charge in [0, 0.05) is 18.7 Å². The Labute approximate surface area is 204 Å². The van der Waals surface area contributed by atoms with Gasteiger partial charge in [0.1, 0.15) is 17.9 Å². The van der Waals surface area contributed by atoms with Crippen LogP contribution < -0.4 is 10.6 Å². The molecule has 4 rings (SSSR count). The fourth-order valence-corrected chi connectivity index (χ4v) is 4.60. The topological polar surface area (TPSA) is 116 Å². The second-order valence-electron chi connectivity index (χ2n) is 8.02. The summed E-state index contributed by atoms with van der Waals surface area (Å²) in [7, 11) is 0. The number of halogens is 1. The quantitative estimate of drug-likeness (QED) is 0.449. The molecule has 1 unspecified atom stereocenters. The van der Waals surface area contributed by atoms with Crippen molar-refractivity contribution >= 4 is 46.8 Å². The summed E-state index contributed by atoms with van der Waals surface area (Å²) in [6, 6.07) is 13.9. The number of thioether (sulfide) groups is 1. The fraction of sp³-hybridized carbons (Fsp3) is 0.208. The van der Waals surface area contributed by atoms with Crippen molar-refractivity contribution in [3.63, 3.8) is 0 Å². The zero-order valence-corrected chi connectivity index (χ0v) is 19.4. The van der Waals surface area contributed by atoms with Crippen LogP contribution in [0, 0.1) is 5.82 Å². The first kappa shape index (κ1) is 24.1. The first-order valence-electron chi connectivity index (χ1n) is 10.7. The summed E-state index contributed by atoms with van der Waals surface area (Å²) in [5.74, 6) is -2.30. The molecule has 0 aromatic heterocycles. The molecule has 2 fully saturated rings. The van der Waals surface area contributed by atoms with Crippen molar-refractivity contribution in [2.24, 2.45) is 0 Å².